The van der Waals surface area contributed by atoms with E-state index in [9.17, 15) is 13.2 Å². The Bertz CT molecular complexity index is 1250. The summed E-state index contributed by atoms with van der Waals surface area (Å²) < 4.78 is 44.1. The molecule has 194 valence electrons. The number of nitrogens with one attached hydrogen (secondary N) is 1. The molecule has 0 saturated carbocycles. The van der Waals surface area contributed by atoms with E-state index in [0.29, 0.717) is 47.6 Å². The minimum absolute atomic E-state index is 0.0413. The molecule has 1 unspecified atom stereocenters. The van der Waals surface area contributed by atoms with Crippen LogP contribution in [0.2, 0.25) is 5.02 Å². The number of hydrogen-bond acceptors (Lipinski definition) is 7. The number of carbonyl (C=O) groups excluding carboxylic acids is 1. The van der Waals surface area contributed by atoms with Crippen molar-refractivity contribution in [3.63, 3.8) is 0 Å². The van der Waals surface area contributed by atoms with Crippen LogP contribution in [0.4, 0.5) is 0 Å². The van der Waals surface area contributed by atoms with Gasteiger partial charge in [0.2, 0.25) is 9.84 Å². The summed E-state index contributed by atoms with van der Waals surface area (Å²) in [6.45, 7) is 6.99. The molecule has 1 aliphatic heterocycles. The quantitative estimate of drug-likeness (QED) is 0.306. The molecule has 9 heteroatoms. The highest BCUT2D eigenvalue weighted by Crippen LogP contribution is 2.45. The zero-order chi connectivity index (χ0) is 26.3. The van der Waals surface area contributed by atoms with Gasteiger partial charge in [-0.2, -0.15) is 0 Å². The summed E-state index contributed by atoms with van der Waals surface area (Å²) in [6.07, 6.45) is 2.06. The highest BCUT2D eigenvalue weighted by Gasteiger charge is 2.41. The first kappa shape index (κ1) is 27.8. The Morgan fingerprint density at radius 2 is 1.69 bits per heavy atom. The number of ether oxygens (including phenoxy) is 3. The number of methoxy groups -OCH3 is 1. The number of halogens is 1. The van der Waals surface area contributed by atoms with Crippen molar-refractivity contribution in [1.29, 1.82) is 0 Å². The fraction of sp³-hybridized carbons (Fsp3) is 0.370. The molecule has 1 aliphatic rings. The summed E-state index contributed by atoms with van der Waals surface area (Å²) in [6, 6.07) is 13.1. The lowest BCUT2D eigenvalue weighted by Crippen LogP contribution is -2.31. The van der Waals surface area contributed by atoms with Crippen LogP contribution >= 0.6 is 11.6 Å². The standard InChI is InChI=1S/C27H32ClNO6S/c1-5-6-15-34-16-17-35-20-11-13-21(14-12-20)36(31,32)26-19(3)29-18(2)24(27(30)33-4)25(26)22-9-7-8-10-23(22)28/h7-14,25,29H,5-6,15-17H2,1-4H3. The topological polar surface area (TPSA) is 90.9 Å². The Balaban J connectivity index is 1.95. The predicted octanol–water partition coefficient (Wildman–Crippen LogP) is 5.37. The van der Waals surface area contributed by atoms with Crippen molar-refractivity contribution in [1.82, 2.24) is 5.32 Å². The molecule has 0 radical (unpaired) electrons. The number of rotatable bonds is 11. The van der Waals surface area contributed by atoms with Gasteiger partial charge in [0, 0.05) is 23.0 Å². The van der Waals surface area contributed by atoms with Crippen molar-refractivity contribution in [2.75, 3.05) is 26.9 Å². The summed E-state index contributed by atoms with van der Waals surface area (Å²) in [7, 11) is -2.78. The van der Waals surface area contributed by atoms with Crippen molar-refractivity contribution in [2.45, 2.75) is 44.4 Å². The number of dihydropyridines is 1. The molecule has 2 aromatic carbocycles. The lowest BCUT2D eigenvalue weighted by atomic mass is 9.86. The van der Waals surface area contributed by atoms with Crippen LogP contribution in [0.5, 0.6) is 5.75 Å². The fourth-order valence-electron chi connectivity index (χ4n) is 4.13. The van der Waals surface area contributed by atoms with E-state index in [1.807, 2.05) is 0 Å². The molecule has 0 aromatic heterocycles. The molecule has 0 aliphatic carbocycles. The maximum Gasteiger partial charge on any atom is 0.336 e. The summed E-state index contributed by atoms with van der Waals surface area (Å²) in [5.41, 5.74) is 1.61. The summed E-state index contributed by atoms with van der Waals surface area (Å²) in [4.78, 5) is 12.9. The first-order valence-electron chi connectivity index (χ1n) is 11.8. The summed E-state index contributed by atoms with van der Waals surface area (Å²) in [5.74, 6) is -1.03. The molecule has 1 N–H and O–H groups in total. The second-order valence-electron chi connectivity index (χ2n) is 8.39. The molecule has 1 atom stereocenters. The van der Waals surface area contributed by atoms with Crippen molar-refractivity contribution in [3.05, 3.63) is 81.0 Å². The number of carbonyl (C=O) groups is 1. The second-order valence-corrected chi connectivity index (χ2v) is 10.7. The SMILES string of the molecule is CCCCOCCOc1ccc(S(=O)(=O)C2=C(C)NC(C)=C(C(=O)OC)C2c2ccccc2Cl)cc1. The Hall–Kier alpha value is -2.81. The van der Waals surface area contributed by atoms with Gasteiger partial charge in [-0.25, -0.2) is 13.2 Å². The monoisotopic (exact) mass is 533 g/mol. The average molecular weight is 534 g/mol. The molecule has 0 amide bonds. The Kier molecular flexibility index (Phi) is 9.59. The van der Waals surface area contributed by atoms with Crippen LogP contribution in [0.15, 0.2) is 75.3 Å². The fourth-order valence-corrected chi connectivity index (χ4v) is 6.13. The Labute approximate surface area is 218 Å². The van der Waals surface area contributed by atoms with Crippen LogP contribution < -0.4 is 10.1 Å². The van der Waals surface area contributed by atoms with Crippen molar-refractivity contribution in [2.24, 2.45) is 0 Å². The van der Waals surface area contributed by atoms with E-state index in [4.69, 9.17) is 25.8 Å². The van der Waals surface area contributed by atoms with E-state index in [1.165, 1.54) is 19.2 Å². The van der Waals surface area contributed by atoms with E-state index in [1.54, 1.807) is 50.2 Å². The van der Waals surface area contributed by atoms with E-state index in [-0.39, 0.29) is 15.4 Å². The van der Waals surface area contributed by atoms with Crippen molar-refractivity contribution in [3.8, 4) is 5.75 Å². The maximum absolute atomic E-state index is 14.0. The first-order valence-corrected chi connectivity index (χ1v) is 13.7. The van der Waals surface area contributed by atoms with E-state index in [0.717, 1.165) is 12.8 Å². The molecule has 3 rings (SSSR count). The molecule has 0 spiro atoms. The number of allylic oxidation sites excluding steroid dienone is 3. The maximum atomic E-state index is 14.0. The van der Waals surface area contributed by atoms with Gasteiger partial charge in [-0.05, 0) is 56.2 Å². The average Bonchev–Trinajstić information content (AvgIpc) is 2.85. The van der Waals surface area contributed by atoms with Crippen LogP contribution in [-0.4, -0.2) is 41.3 Å². The molecule has 7 nitrogen and oxygen atoms in total. The number of sulfone groups is 1. The van der Waals surface area contributed by atoms with Gasteiger partial charge in [-0.15, -0.1) is 0 Å². The molecular weight excluding hydrogens is 502 g/mol. The van der Waals surface area contributed by atoms with E-state index < -0.39 is 21.7 Å². The van der Waals surface area contributed by atoms with Crippen molar-refractivity contribution < 1.29 is 27.4 Å². The van der Waals surface area contributed by atoms with Gasteiger partial charge in [0.1, 0.15) is 12.4 Å². The van der Waals surface area contributed by atoms with Gasteiger partial charge in [0.15, 0.2) is 0 Å². The van der Waals surface area contributed by atoms with Gasteiger partial charge in [-0.1, -0.05) is 43.1 Å². The molecule has 1 heterocycles. The highest BCUT2D eigenvalue weighted by molar-refractivity contribution is 7.95. The lowest BCUT2D eigenvalue weighted by molar-refractivity contribution is -0.136. The minimum atomic E-state index is -4.04. The zero-order valence-electron chi connectivity index (χ0n) is 21.0. The highest BCUT2D eigenvalue weighted by atomic mass is 35.5. The van der Waals surface area contributed by atoms with Crippen LogP contribution in [0.25, 0.3) is 0 Å². The molecule has 36 heavy (non-hydrogen) atoms. The van der Waals surface area contributed by atoms with Gasteiger partial charge in [0.05, 0.1) is 35.0 Å². The molecule has 0 bridgehead atoms. The normalized spacial score (nSPS) is 16.1. The van der Waals surface area contributed by atoms with Crippen molar-refractivity contribution >= 4 is 27.4 Å². The number of benzene rings is 2. The first-order chi connectivity index (χ1) is 17.2. The Morgan fingerprint density at radius 1 is 1.00 bits per heavy atom. The second kappa shape index (κ2) is 12.4. The Morgan fingerprint density at radius 3 is 2.33 bits per heavy atom. The van der Waals surface area contributed by atoms with Gasteiger partial charge < -0.3 is 19.5 Å². The number of unbranched alkanes of at least 4 members (excludes halogenated alkanes) is 1. The smallest absolute Gasteiger partial charge is 0.336 e. The zero-order valence-corrected chi connectivity index (χ0v) is 22.5. The lowest BCUT2D eigenvalue weighted by Gasteiger charge is -2.31. The van der Waals surface area contributed by atoms with E-state index in [2.05, 4.69) is 12.2 Å². The van der Waals surface area contributed by atoms with Gasteiger partial charge in [0.25, 0.3) is 0 Å². The third-order valence-electron chi connectivity index (χ3n) is 5.88. The molecule has 0 fully saturated rings. The van der Waals surface area contributed by atoms with Crippen LogP contribution in [0, 0.1) is 0 Å². The number of hydrogen-bond donors (Lipinski definition) is 1. The van der Waals surface area contributed by atoms with Crippen LogP contribution in [0.1, 0.15) is 45.1 Å². The largest absolute Gasteiger partial charge is 0.491 e. The van der Waals surface area contributed by atoms with Gasteiger partial charge in [-0.3, -0.25) is 0 Å². The minimum Gasteiger partial charge on any atom is -0.491 e. The van der Waals surface area contributed by atoms with E-state index >= 15 is 0 Å². The van der Waals surface area contributed by atoms with Crippen LogP contribution in [0.3, 0.4) is 0 Å². The summed E-state index contributed by atoms with van der Waals surface area (Å²) in [5, 5.41) is 3.40. The third kappa shape index (κ3) is 6.11. The third-order valence-corrected chi connectivity index (χ3v) is 8.24. The molecule has 2 aromatic rings. The van der Waals surface area contributed by atoms with Crippen LogP contribution in [-0.2, 0) is 24.1 Å². The van der Waals surface area contributed by atoms with Gasteiger partial charge >= 0.3 is 5.97 Å². The summed E-state index contributed by atoms with van der Waals surface area (Å²) >= 11 is 6.50. The number of esters is 1. The predicted molar refractivity (Wildman–Crippen MR) is 140 cm³/mol. The molecular formula is C27H32ClNO6S. The molecule has 0 saturated heterocycles.